The molecule has 94 valence electrons. The van der Waals surface area contributed by atoms with E-state index in [1.54, 1.807) is 0 Å². The molecule has 17 heavy (non-hydrogen) atoms. The zero-order valence-electron chi connectivity index (χ0n) is 10.7. The fourth-order valence-electron chi connectivity index (χ4n) is 3.16. The largest absolute Gasteiger partial charge is 0.381 e. The lowest BCUT2D eigenvalue weighted by Gasteiger charge is -2.25. The molecular formula is C14H22N2O. The molecule has 2 aliphatic rings. The molecule has 3 heteroatoms. The molecule has 1 aromatic rings. The number of imidazole rings is 1. The van der Waals surface area contributed by atoms with Crippen LogP contribution >= 0.6 is 0 Å². The maximum Gasteiger partial charge on any atom is 0.109 e. The van der Waals surface area contributed by atoms with Crippen LogP contribution in [-0.4, -0.2) is 22.8 Å². The molecule has 0 bridgehead atoms. The first kappa shape index (κ1) is 11.3. The van der Waals surface area contributed by atoms with Gasteiger partial charge in [-0.05, 0) is 37.5 Å². The minimum Gasteiger partial charge on any atom is -0.381 e. The smallest absolute Gasteiger partial charge is 0.109 e. The van der Waals surface area contributed by atoms with E-state index in [-0.39, 0.29) is 0 Å². The highest BCUT2D eigenvalue weighted by atomic mass is 16.5. The van der Waals surface area contributed by atoms with E-state index in [0.717, 1.165) is 25.6 Å². The van der Waals surface area contributed by atoms with Crippen molar-refractivity contribution < 1.29 is 4.74 Å². The molecule has 3 heterocycles. The molecule has 1 unspecified atom stereocenters. The van der Waals surface area contributed by atoms with Crippen LogP contribution in [0.3, 0.4) is 0 Å². The van der Waals surface area contributed by atoms with Crippen LogP contribution in [0.15, 0.2) is 6.20 Å². The molecule has 0 spiro atoms. The first-order valence-electron chi connectivity index (χ1n) is 6.96. The summed E-state index contributed by atoms with van der Waals surface area (Å²) in [5, 5.41) is 0. The van der Waals surface area contributed by atoms with Crippen molar-refractivity contribution in [1.29, 1.82) is 0 Å². The Balaban J connectivity index is 1.74. The Hall–Kier alpha value is -0.830. The highest BCUT2D eigenvalue weighted by Crippen LogP contribution is 2.29. The minimum atomic E-state index is 0.694. The monoisotopic (exact) mass is 234 g/mol. The Kier molecular flexibility index (Phi) is 3.19. The Morgan fingerprint density at radius 1 is 1.35 bits per heavy atom. The van der Waals surface area contributed by atoms with Crippen molar-refractivity contribution in [3.05, 3.63) is 17.7 Å². The van der Waals surface area contributed by atoms with Gasteiger partial charge in [0.2, 0.25) is 0 Å². The molecule has 2 aliphatic heterocycles. The number of fused-ring (bicyclic) bond motifs is 1. The summed E-state index contributed by atoms with van der Waals surface area (Å²) in [7, 11) is 0. The molecule has 3 nitrogen and oxygen atoms in total. The van der Waals surface area contributed by atoms with Gasteiger partial charge in [0, 0.05) is 38.1 Å². The zero-order valence-corrected chi connectivity index (χ0v) is 10.7. The van der Waals surface area contributed by atoms with Gasteiger partial charge in [0.1, 0.15) is 5.82 Å². The van der Waals surface area contributed by atoms with E-state index in [9.17, 15) is 0 Å². The number of aromatic nitrogens is 2. The molecule has 0 saturated carbocycles. The van der Waals surface area contributed by atoms with Crippen LogP contribution in [0.4, 0.5) is 0 Å². The lowest BCUT2D eigenvalue weighted by Crippen LogP contribution is -2.21. The van der Waals surface area contributed by atoms with Crippen LogP contribution in [-0.2, 0) is 17.7 Å². The molecule has 1 saturated heterocycles. The van der Waals surface area contributed by atoms with Crippen molar-refractivity contribution in [3.8, 4) is 0 Å². The standard InChI is InChI=1S/C14H22N2O/c1-11-3-2-6-16-13(11)10-15-14(16)9-12-4-7-17-8-5-12/h10-12H,2-9H2,1H3. The lowest BCUT2D eigenvalue weighted by atomic mass is 9.95. The van der Waals surface area contributed by atoms with Crippen molar-refractivity contribution in [2.45, 2.75) is 51.5 Å². The normalized spacial score (nSPS) is 25.8. The molecule has 0 aliphatic carbocycles. The molecule has 0 radical (unpaired) electrons. The maximum absolute atomic E-state index is 5.42. The van der Waals surface area contributed by atoms with E-state index < -0.39 is 0 Å². The van der Waals surface area contributed by atoms with E-state index in [0.29, 0.717) is 5.92 Å². The molecule has 1 aromatic heterocycles. The number of nitrogens with zero attached hydrogens (tertiary/aromatic N) is 2. The Bertz CT molecular complexity index is 380. The van der Waals surface area contributed by atoms with Crippen molar-refractivity contribution in [2.75, 3.05) is 13.2 Å². The van der Waals surface area contributed by atoms with Gasteiger partial charge in [0.05, 0.1) is 0 Å². The average Bonchev–Trinajstić information content (AvgIpc) is 2.76. The molecule has 0 amide bonds. The molecule has 1 fully saturated rings. The first-order chi connectivity index (χ1) is 8.34. The minimum absolute atomic E-state index is 0.694. The Morgan fingerprint density at radius 3 is 3.00 bits per heavy atom. The fourth-order valence-corrected chi connectivity index (χ4v) is 3.16. The van der Waals surface area contributed by atoms with Gasteiger partial charge >= 0.3 is 0 Å². The predicted molar refractivity (Wildman–Crippen MR) is 67.1 cm³/mol. The second-order valence-electron chi connectivity index (χ2n) is 5.55. The number of ether oxygens (including phenoxy) is 1. The molecule has 1 atom stereocenters. The summed E-state index contributed by atoms with van der Waals surface area (Å²) in [5.41, 5.74) is 1.46. The van der Waals surface area contributed by atoms with Crippen molar-refractivity contribution in [1.82, 2.24) is 9.55 Å². The molecule has 0 aromatic carbocycles. The van der Waals surface area contributed by atoms with Crippen molar-refractivity contribution in [3.63, 3.8) is 0 Å². The number of hydrogen-bond donors (Lipinski definition) is 0. The summed E-state index contributed by atoms with van der Waals surface area (Å²) in [4.78, 5) is 4.66. The molecular weight excluding hydrogens is 212 g/mol. The topological polar surface area (TPSA) is 27.1 Å². The third-order valence-electron chi connectivity index (χ3n) is 4.30. The summed E-state index contributed by atoms with van der Waals surface area (Å²) in [6.45, 7) is 5.38. The van der Waals surface area contributed by atoms with Gasteiger partial charge in [-0.1, -0.05) is 6.92 Å². The number of hydrogen-bond acceptors (Lipinski definition) is 2. The second-order valence-corrected chi connectivity index (χ2v) is 5.55. The highest BCUT2D eigenvalue weighted by Gasteiger charge is 2.22. The van der Waals surface area contributed by atoms with Crippen LogP contribution in [0.25, 0.3) is 0 Å². The second kappa shape index (κ2) is 4.81. The van der Waals surface area contributed by atoms with E-state index in [2.05, 4.69) is 22.7 Å². The quantitative estimate of drug-likeness (QED) is 0.786. The van der Waals surface area contributed by atoms with Crippen molar-refractivity contribution in [2.24, 2.45) is 5.92 Å². The molecule has 3 rings (SSSR count). The molecule has 0 N–H and O–H groups in total. The fraction of sp³-hybridized carbons (Fsp3) is 0.786. The SMILES string of the molecule is CC1CCCn2c1cnc2CC1CCOCC1. The Morgan fingerprint density at radius 2 is 2.18 bits per heavy atom. The van der Waals surface area contributed by atoms with Gasteiger partial charge in [0.15, 0.2) is 0 Å². The van der Waals surface area contributed by atoms with Gasteiger partial charge in [-0.3, -0.25) is 0 Å². The average molecular weight is 234 g/mol. The summed E-state index contributed by atoms with van der Waals surface area (Å²) >= 11 is 0. The van der Waals surface area contributed by atoms with E-state index in [1.165, 1.54) is 43.7 Å². The highest BCUT2D eigenvalue weighted by molar-refractivity contribution is 5.13. The number of rotatable bonds is 2. The van der Waals surface area contributed by atoms with Crippen LogP contribution in [0.5, 0.6) is 0 Å². The Labute approximate surface area is 103 Å². The maximum atomic E-state index is 5.42. The van der Waals surface area contributed by atoms with Crippen LogP contribution in [0.1, 0.15) is 50.0 Å². The van der Waals surface area contributed by atoms with Gasteiger partial charge in [-0.25, -0.2) is 4.98 Å². The van der Waals surface area contributed by atoms with Gasteiger partial charge in [-0.15, -0.1) is 0 Å². The van der Waals surface area contributed by atoms with Crippen LogP contribution in [0.2, 0.25) is 0 Å². The van der Waals surface area contributed by atoms with Gasteiger partial charge < -0.3 is 9.30 Å². The van der Waals surface area contributed by atoms with E-state index in [4.69, 9.17) is 4.74 Å². The third kappa shape index (κ3) is 2.25. The van der Waals surface area contributed by atoms with Crippen molar-refractivity contribution >= 4 is 0 Å². The zero-order chi connectivity index (χ0) is 11.7. The predicted octanol–water partition coefficient (Wildman–Crippen LogP) is 2.75. The van der Waals surface area contributed by atoms with Crippen LogP contribution in [0, 0.1) is 5.92 Å². The summed E-state index contributed by atoms with van der Waals surface area (Å²) in [6, 6.07) is 0. The van der Waals surface area contributed by atoms with Gasteiger partial charge in [0.25, 0.3) is 0 Å². The summed E-state index contributed by atoms with van der Waals surface area (Å²) < 4.78 is 7.90. The van der Waals surface area contributed by atoms with Gasteiger partial charge in [-0.2, -0.15) is 0 Å². The van der Waals surface area contributed by atoms with E-state index in [1.807, 2.05) is 0 Å². The summed E-state index contributed by atoms with van der Waals surface area (Å²) in [6.07, 6.45) is 8.30. The first-order valence-corrected chi connectivity index (χ1v) is 6.96. The third-order valence-corrected chi connectivity index (χ3v) is 4.30. The summed E-state index contributed by atoms with van der Waals surface area (Å²) in [5.74, 6) is 2.80. The van der Waals surface area contributed by atoms with Crippen LogP contribution < -0.4 is 0 Å². The van der Waals surface area contributed by atoms with E-state index >= 15 is 0 Å². The lowest BCUT2D eigenvalue weighted by molar-refractivity contribution is 0.0656.